The van der Waals surface area contributed by atoms with Crippen LogP contribution in [0.2, 0.25) is 0 Å². The Balaban J connectivity index is 0. The Morgan fingerprint density at radius 2 is 1.56 bits per heavy atom. The zero-order valence-electron chi connectivity index (χ0n) is 23.8. The zero-order valence-corrected chi connectivity index (χ0v) is 24.6. The largest absolute Gasteiger partial charge is 0.355 e. The molecule has 2 rings (SSSR count). The molecule has 0 aliphatic rings. The molecule has 2 aromatic rings. The highest BCUT2D eigenvalue weighted by Gasteiger charge is 2.20. The molecule has 2 aromatic carbocycles. The lowest BCUT2D eigenvalue weighted by atomic mass is 10.1. The molecule has 0 aromatic heterocycles. The molecule has 1 atom stereocenters. The molecule has 0 fully saturated rings. The molecule has 3 heteroatoms. The first-order valence-corrected chi connectivity index (χ1v) is 14.4. The molecule has 0 aliphatic carbocycles. The smallest absolute Gasteiger partial charge is 0.126 e. The summed E-state index contributed by atoms with van der Waals surface area (Å²) in [6.45, 7) is 22.7. The lowest BCUT2D eigenvalue weighted by Gasteiger charge is -2.31. The van der Waals surface area contributed by atoms with Crippen molar-refractivity contribution in [3.05, 3.63) is 90.5 Å². The molecule has 0 saturated carbocycles. The molecule has 0 amide bonds. The van der Waals surface area contributed by atoms with Gasteiger partial charge in [-0.3, -0.25) is 0 Å². The van der Waals surface area contributed by atoms with Crippen LogP contribution in [-0.4, -0.2) is 29.0 Å². The predicted molar refractivity (Wildman–Crippen MR) is 165 cm³/mol. The number of benzene rings is 2. The number of rotatable bonds is 10. The Morgan fingerprint density at radius 1 is 0.972 bits per heavy atom. The minimum atomic E-state index is -0.164. The second-order valence-electron chi connectivity index (χ2n) is 7.32. The topological polar surface area (TPSA) is 27.0 Å². The van der Waals surface area contributed by atoms with Gasteiger partial charge < -0.3 is 4.90 Å². The predicted octanol–water partition coefficient (Wildman–Crippen LogP) is 9.44. The van der Waals surface area contributed by atoms with Crippen molar-refractivity contribution in [2.24, 2.45) is 0 Å². The minimum absolute atomic E-state index is 0.164. The third kappa shape index (κ3) is 15.2. The van der Waals surface area contributed by atoms with Crippen molar-refractivity contribution >= 4 is 17.5 Å². The minimum Gasteiger partial charge on any atom is -0.355 e. The molecule has 0 radical (unpaired) electrons. The number of thioether (sulfide) groups is 1. The van der Waals surface area contributed by atoms with E-state index in [1.165, 1.54) is 12.8 Å². The fourth-order valence-corrected chi connectivity index (χ4v) is 4.10. The van der Waals surface area contributed by atoms with Gasteiger partial charge in [-0.05, 0) is 55.3 Å². The van der Waals surface area contributed by atoms with Gasteiger partial charge in [0.05, 0.1) is 6.07 Å². The molecule has 0 heterocycles. The maximum absolute atomic E-state index is 9.77. The monoisotopic (exact) mass is 504 g/mol. The molecular formula is C33H48N2S. The van der Waals surface area contributed by atoms with Gasteiger partial charge in [0, 0.05) is 29.1 Å². The number of hydrogen-bond donors (Lipinski definition) is 0. The van der Waals surface area contributed by atoms with E-state index < -0.39 is 0 Å². The van der Waals surface area contributed by atoms with Gasteiger partial charge in [0.25, 0.3) is 0 Å². The lowest BCUT2D eigenvalue weighted by molar-refractivity contribution is 0.367. The summed E-state index contributed by atoms with van der Waals surface area (Å²) in [7, 11) is 0. The third-order valence-electron chi connectivity index (χ3n) is 4.58. The Labute approximate surface area is 227 Å². The summed E-state index contributed by atoms with van der Waals surface area (Å²) in [6.07, 6.45) is 5.11. The quantitative estimate of drug-likeness (QED) is 0.183. The Kier molecular flexibility index (Phi) is 24.7. The third-order valence-corrected chi connectivity index (χ3v) is 5.70. The lowest BCUT2D eigenvalue weighted by Crippen LogP contribution is -2.35. The molecule has 0 aliphatic heterocycles. The highest BCUT2D eigenvalue weighted by atomic mass is 32.2. The summed E-state index contributed by atoms with van der Waals surface area (Å²) >= 11 is 1.86. The van der Waals surface area contributed by atoms with E-state index in [0.29, 0.717) is 0 Å². The number of allylic oxidation sites excluding steroid dienone is 1. The highest BCUT2D eigenvalue weighted by molar-refractivity contribution is 7.99. The molecule has 0 bridgehead atoms. The van der Waals surface area contributed by atoms with Gasteiger partial charge >= 0.3 is 0 Å². The molecule has 196 valence electrons. The number of unbranched alkanes of at least 4 members (excludes halogenated alkanes) is 1. The van der Waals surface area contributed by atoms with E-state index in [-0.39, 0.29) is 6.04 Å². The molecule has 0 spiro atoms. The van der Waals surface area contributed by atoms with E-state index in [0.717, 1.165) is 46.9 Å². The second kappa shape index (κ2) is 25.2. The van der Waals surface area contributed by atoms with Crippen LogP contribution in [0.3, 0.4) is 0 Å². The number of hydrogen-bond acceptors (Lipinski definition) is 3. The van der Waals surface area contributed by atoms with Crippen LogP contribution < -0.4 is 0 Å². The summed E-state index contributed by atoms with van der Waals surface area (Å²) < 4.78 is 0. The highest BCUT2D eigenvalue weighted by Crippen LogP contribution is 2.23. The molecule has 0 saturated heterocycles. The van der Waals surface area contributed by atoms with Crippen LogP contribution in [0.1, 0.15) is 84.4 Å². The van der Waals surface area contributed by atoms with Crippen LogP contribution in [0.25, 0.3) is 5.70 Å². The maximum Gasteiger partial charge on any atom is 0.126 e. The zero-order chi connectivity index (χ0) is 27.6. The molecule has 1 unspecified atom stereocenters. The van der Waals surface area contributed by atoms with Crippen LogP contribution >= 0.6 is 11.8 Å². The van der Waals surface area contributed by atoms with Gasteiger partial charge in [0.1, 0.15) is 6.04 Å². The van der Waals surface area contributed by atoms with Gasteiger partial charge in [-0.15, -0.1) is 6.58 Å². The molecular weight excluding hydrogens is 456 g/mol. The average molecular weight is 505 g/mol. The average Bonchev–Trinajstić information content (AvgIpc) is 2.94. The fraction of sp³-hybridized carbons (Fsp3) is 0.424. The molecule has 36 heavy (non-hydrogen) atoms. The van der Waals surface area contributed by atoms with Crippen molar-refractivity contribution in [2.75, 3.05) is 18.1 Å². The van der Waals surface area contributed by atoms with Crippen molar-refractivity contribution < 1.29 is 0 Å². The Bertz CT molecular complexity index is 916. The van der Waals surface area contributed by atoms with Gasteiger partial charge in [0.15, 0.2) is 0 Å². The van der Waals surface area contributed by atoms with Crippen LogP contribution in [0.4, 0.5) is 0 Å². The van der Waals surface area contributed by atoms with E-state index in [2.05, 4.69) is 61.9 Å². The van der Waals surface area contributed by atoms with E-state index in [9.17, 15) is 5.26 Å². The summed E-state index contributed by atoms with van der Waals surface area (Å²) in [5.74, 6) is 8.36. The Morgan fingerprint density at radius 3 is 2.11 bits per heavy atom. The van der Waals surface area contributed by atoms with Crippen molar-refractivity contribution in [1.29, 1.82) is 5.26 Å². The van der Waals surface area contributed by atoms with Crippen LogP contribution in [0, 0.1) is 23.2 Å². The van der Waals surface area contributed by atoms with E-state index >= 15 is 0 Å². The summed E-state index contributed by atoms with van der Waals surface area (Å²) in [5.41, 5.74) is 3.88. The summed E-state index contributed by atoms with van der Waals surface area (Å²) in [6, 6.07) is 20.5. The van der Waals surface area contributed by atoms with Crippen LogP contribution in [-0.2, 0) is 0 Å². The van der Waals surface area contributed by atoms with Crippen molar-refractivity contribution in [1.82, 2.24) is 4.90 Å². The van der Waals surface area contributed by atoms with E-state index in [4.69, 9.17) is 0 Å². The van der Waals surface area contributed by atoms with Gasteiger partial charge in [-0.1, -0.05) is 103 Å². The van der Waals surface area contributed by atoms with Gasteiger partial charge in [-0.2, -0.15) is 17.0 Å². The number of nitriles is 1. The Hall–Kier alpha value is -2.88. The summed E-state index contributed by atoms with van der Waals surface area (Å²) in [5, 5.41) is 9.77. The normalized spacial score (nSPS) is 9.61. The first kappa shape index (κ1) is 35.3. The van der Waals surface area contributed by atoms with Gasteiger partial charge in [-0.25, -0.2) is 0 Å². The molecule has 2 nitrogen and oxygen atoms in total. The van der Waals surface area contributed by atoms with Gasteiger partial charge in [0.2, 0.25) is 0 Å². The van der Waals surface area contributed by atoms with Crippen LogP contribution in [0.5, 0.6) is 0 Å². The first-order valence-electron chi connectivity index (χ1n) is 13.3. The van der Waals surface area contributed by atoms with Crippen molar-refractivity contribution in [3.8, 4) is 17.9 Å². The first-order chi connectivity index (χ1) is 17.6. The van der Waals surface area contributed by atoms with Crippen molar-refractivity contribution in [2.45, 2.75) is 73.8 Å². The number of nitrogens with zero attached hydrogens (tertiary/aromatic N) is 2. The standard InChI is InChI=1S/C26H30N2S.C3H6.2C2H6/c1-4-6-18-29-21-26(20-27)28(17-5-2)22(3)25-14-10-13-24(19-25)16-15-23-11-8-7-9-12-23;1-3-2;2*1-2/h7-14,19,26H,3-6,17-18,21H2,1-2H3;3H,1H2,2H3;2*1-2H3. The van der Waals surface area contributed by atoms with Crippen molar-refractivity contribution in [3.63, 3.8) is 0 Å². The SMILES string of the molecule is C=C(c1cccc(C#Cc2ccccc2)c1)N(CCC)C(C#N)CSCCCC.C=CC.CC.CC. The fourth-order valence-electron chi connectivity index (χ4n) is 2.97. The maximum atomic E-state index is 9.77. The molecule has 0 N–H and O–H groups in total. The van der Waals surface area contributed by atoms with E-state index in [1.807, 2.05) is 88.8 Å². The van der Waals surface area contributed by atoms with E-state index in [1.54, 1.807) is 6.08 Å². The summed E-state index contributed by atoms with van der Waals surface area (Å²) in [4.78, 5) is 2.16. The van der Waals surface area contributed by atoms with Crippen LogP contribution in [0.15, 0.2) is 73.8 Å². The second-order valence-corrected chi connectivity index (χ2v) is 8.47.